The van der Waals surface area contributed by atoms with Crippen molar-refractivity contribution >= 4 is 11.9 Å². The molecule has 1 saturated heterocycles. The van der Waals surface area contributed by atoms with Gasteiger partial charge < -0.3 is 23.9 Å². The van der Waals surface area contributed by atoms with Crippen molar-refractivity contribution in [2.45, 2.75) is 32.4 Å². The number of hydrogen-bond acceptors (Lipinski definition) is 5. The first-order chi connectivity index (χ1) is 12.9. The molecule has 0 bridgehead atoms. The van der Waals surface area contributed by atoms with Gasteiger partial charge in [-0.1, -0.05) is 6.07 Å². The number of carboxylic acid groups (broad SMARTS) is 1. The summed E-state index contributed by atoms with van der Waals surface area (Å²) in [6.45, 7) is 3.00. The third-order valence-electron chi connectivity index (χ3n) is 4.48. The standard InChI is InChI=1S/C20H23NO6/c1-13-18(20(23)24)10-17(27-13)11-21(2)19(22)14-5-3-6-15(9-14)26-12-16-7-4-8-25-16/h3,5-6,9-10,16H,4,7-8,11-12H2,1-2H3,(H,23,24)/t16-/m0/s1. The molecule has 2 aromatic rings. The zero-order valence-corrected chi connectivity index (χ0v) is 15.4. The van der Waals surface area contributed by atoms with Gasteiger partial charge >= 0.3 is 5.97 Å². The number of nitrogens with zero attached hydrogens (tertiary/aromatic N) is 1. The molecule has 1 amide bonds. The Balaban J connectivity index is 1.63. The molecule has 0 unspecified atom stereocenters. The lowest BCUT2D eigenvalue weighted by molar-refractivity contribution is 0.0677. The summed E-state index contributed by atoms with van der Waals surface area (Å²) >= 11 is 0. The van der Waals surface area contributed by atoms with Crippen molar-refractivity contribution in [3.8, 4) is 5.75 Å². The average Bonchev–Trinajstić information content (AvgIpc) is 3.29. The summed E-state index contributed by atoms with van der Waals surface area (Å²) in [7, 11) is 1.64. The number of ether oxygens (including phenoxy) is 2. The van der Waals surface area contributed by atoms with Crippen LogP contribution in [0.3, 0.4) is 0 Å². The maximum atomic E-state index is 12.7. The van der Waals surface area contributed by atoms with Crippen molar-refractivity contribution < 1.29 is 28.6 Å². The van der Waals surface area contributed by atoms with Crippen LogP contribution < -0.4 is 4.74 Å². The minimum absolute atomic E-state index is 0.107. The number of carbonyl (C=O) groups excluding carboxylic acids is 1. The Morgan fingerprint density at radius 2 is 2.15 bits per heavy atom. The number of rotatable bonds is 7. The van der Waals surface area contributed by atoms with Gasteiger partial charge in [0, 0.05) is 19.2 Å². The van der Waals surface area contributed by atoms with Crippen LogP contribution in [-0.4, -0.2) is 48.2 Å². The van der Waals surface area contributed by atoms with E-state index >= 15 is 0 Å². The smallest absolute Gasteiger partial charge is 0.339 e. The predicted molar refractivity (Wildman–Crippen MR) is 97.1 cm³/mol. The number of carbonyl (C=O) groups is 2. The minimum Gasteiger partial charge on any atom is -0.491 e. The van der Waals surface area contributed by atoms with E-state index in [9.17, 15) is 9.59 Å². The van der Waals surface area contributed by atoms with Gasteiger partial charge in [0.15, 0.2) is 0 Å². The Morgan fingerprint density at radius 3 is 2.81 bits per heavy atom. The van der Waals surface area contributed by atoms with Crippen LogP contribution in [0.4, 0.5) is 0 Å². The van der Waals surface area contributed by atoms with Crippen molar-refractivity contribution in [2.24, 2.45) is 0 Å². The summed E-state index contributed by atoms with van der Waals surface area (Å²) in [4.78, 5) is 25.3. The van der Waals surface area contributed by atoms with Crippen molar-refractivity contribution in [3.05, 3.63) is 53.0 Å². The van der Waals surface area contributed by atoms with Crippen molar-refractivity contribution in [2.75, 3.05) is 20.3 Å². The van der Waals surface area contributed by atoms with Crippen LogP contribution in [0.15, 0.2) is 34.7 Å². The first-order valence-electron chi connectivity index (χ1n) is 8.86. The third-order valence-corrected chi connectivity index (χ3v) is 4.48. The zero-order valence-electron chi connectivity index (χ0n) is 15.4. The van der Waals surface area contributed by atoms with Gasteiger partial charge in [-0.2, -0.15) is 0 Å². The molecule has 2 heterocycles. The van der Waals surface area contributed by atoms with Crippen LogP contribution in [-0.2, 0) is 11.3 Å². The molecule has 7 nitrogen and oxygen atoms in total. The second-order valence-electron chi connectivity index (χ2n) is 6.62. The van der Waals surface area contributed by atoms with E-state index in [1.807, 2.05) is 0 Å². The SMILES string of the molecule is Cc1oc(CN(C)C(=O)c2cccc(OC[C@@H]3CCCO3)c2)cc1C(=O)O. The highest BCUT2D eigenvalue weighted by Crippen LogP contribution is 2.20. The van der Waals surface area contributed by atoms with Crippen molar-refractivity contribution in [3.63, 3.8) is 0 Å². The van der Waals surface area contributed by atoms with Crippen molar-refractivity contribution in [1.82, 2.24) is 4.90 Å². The maximum absolute atomic E-state index is 12.7. The topological polar surface area (TPSA) is 89.2 Å². The Morgan fingerprint density at radius 1 is 1.33 bits per heavy atom. The van der Waals surface area contributed by atoms with Gasteiger partial charge in [-0.3, -0.25) is 4.79 Å². The van der Waals surface area contributed by atoms with E-state index in [2.05, 4.69) is 0 Å². The Labute approximate surface area is 157 Å². The summed E-state index contributed by atoms with van der Waals surface area (Å²) < 4.78 is 16.7. The van der Waals surface area contributed by atoms with E-state index in [0.717, 1.165) is 19.4 Å². The van der Waals surface area contributed by atoms with E-state index in [4.69, 9.17) is 19.0 Å². The van der Waals surface area contributed by atoms with E-state index in [0.29, 0.717) is 29.4 Å². The number of furan rings is 1. The molecule has 1 aromatic carbocycles. The van der Waals surface area contributed by atoms with Crippen LogP contribution in [0.1, 0.15) is 45.1 Å². The molecule has 1 atom stereocenters. The van der Waals surface area contributed by atoms with Crippen LogP contribution in [0, 0.1) is 6.92 Å². The molecule has 1 aliphatic heterocycles. The molecule has 1 aliphatic rings. The number of amides is 1. The molecule has 3 rings (SSSR count). The number of carboxylic acids is 1. The monoisotopic (exact) mass is 373 g/mol. The van der Waals surface area contributed by atoms with Gasteiger partial charge in [0.05, 0.1) is 12.6 Å². The number of aryl methyl sites for hydroxylation is 1. The highest BCUT2D eigenvalue weighted by molar-refractivity contribution is 5.94. The van der Waals surface area contributed by atoms with E-state index in [1.54, 1.807) is 38.2 Å². The summed E-state index contributed by atoms with van der Waals surface area (Å²) in [6.07, 6.45) is 2.15. The lowest BCUT2D eigenvalue weighted by Crippen LogP contribution is -2.26. The van der Waals surface area contributed by atoms with Crippen molar-refractivity contribution in [1.29, 1.82) is 0 Å². The Kier molecular flexibility index (Phi) is 5.81. The van der Waals surface area contributed by atoms with Gasteiger partial charge in [-0.15, -0.1) is 0 Å². The molecule has 144 valence electrons. The second-order valence-corrected chi connectivity index (χ2v) is 6.62. The van der Waals surface area contributed by atoms with Crippen LogP contribution in [0.2, 0.25) is 0 Å². The Bertz CT molecular complexity index is 822. The lowest BCUT2D eigenvalue weighted by atomic mass is 10.2. The van der Waals surface area contributed by atoms with Crippen LogP contribution in [0.5, 0.6) is 5.75 Å². The largest absolute Gasteiger partial charge is 0.491 e. The molecule has 1 N–H and O–H groups in total. The molecule has 0 aliphatic carbocycles. The molecule has 0 radical (unpaired) electrons. The molecular weight excluding hydrogens is 350 g/mol. The third kappa shape index (κ3) is 4.68. The Hall–Kier alpha value is -2.80. The molecule has 1 aromatic heterocycles. The lowest BCUT2D eigenvalue weighted by Gasteiger charge is -2.17. The van der Waals surface area contributed by atoms with Crippen LogP contribution in [0.25, 0.3) is 0 Å². The second kappa shape index (κ2) is 8.26. The fourth-order valence-corrected chi connectivity index (χ4v) is 3.04. The summed E-state index contributed by atoms with van der Waals surface area (Å²) in [5.41, 5.74) is 0.597. The van der Waals surface area contributed by atoms with E-state index in [1.165, 1.54) is 11.0 Å². The van der Waals surface area contributed by atoms with Crippen LogP contribution >= 0.6 is 0 Å². The summed E-state index contributed by atoms with van der Waals surface area (Å²) in [6, 6.07) is 8.44. The fraction of sp³-hybridized carbons (Fsp3) is 0.400. The molecule has 0 spiro atoms. The number of benzene rings is 1. The van der Waals surface area contributed by atoms with E-state index in [-0.39, 0.29) is 24.1 Å². The normalized spacial score (nSPS) is 16.3. The van der Waals surface area contributed by atoms with Gasteiger partial charge in [0.1, 0.15) is 29.4 Å². The average molecular weight is 373 g/mol. The molecule has 0 saturated carbocycles. The van der Waals surface area contributed by atoms with Gasteiger partial charge in [-0.05, 0) is 44.0 Å². The quantitative estimate of drug-likeness (QED) is 0.802. The summed E-state index contributed by atoms with van der Waals surface area (Å²) in [5, 5.41) is 9.10. The molecule has 1 fully saturated rings. The fourth-order valence-electron chi connectivity index (χ4n) is 3.04. The first-order valence-corrected chi connectivity index (χ1v) is 8.86. The first kappa shape index (κ1) is 19.0. The number of aromatic carboxylic acids is 1. The van der Waals surface area contributed by atoms with E-state index < -0.39 is 5.97 Å². The van der Waals surface area contributed by atoms with Gasteiger partial charge in [0.25, 0.3) is 5.91 Å². The highest BCUT2D eigenvalue weighted by Gasteiger charge is 2.19. The zero-order chi connectivity index (χ0) is 19.4. The van der Waals surface area contributed by atoms with Gasteiger partial charge in [0.2, 0.25) is 0 Å². The van der Waals surface area contributed by atoms with Gasteiger partial charge in [-0.25, -0.2) is 4.79 Å². The summed E-state index contributed by atoms with van der Waals surface area (Å²) in [5.74, 6) is 0.109. The molecule has 7 heteroatoms. The molecule has 27 heavy (non-hydrogen) atoms. The predicted octanol–water partition coefficient (Wildman–Crippen LogP) is 3.12. The minimum atomic E-state index is -1.05. The number of hydrogen-bond donors (Lipinski definition) is 1. The maximum Gasteiger partial charge on any atom is 0.339 e. The highest BCUT2D eigenvalue weighted by atomic mass is 16.5. The molecular formula is C20H23NO6.